The number of rotatable bonds is 6. The van der Waals surface area contributed by atoms with E-state index in [4.69, 9.17) is 4.42 Å². The lowest BCUT2D eigenvalue weighted by Crippen LogP contribution is -2.37. The monoisotopic (exact) mass is 408 g/mol. The normalized spacial score (nSPS) is 16.7. The Labute approximate surface area is 178 Å². The highest BCUT2D eigenvalue weighted by molar-refractivity contribution is 5.91. The van der Waals surface area contributed by atoms with Gasteiger partial charge in [0.05, 0.1) is 0 Å². The smallest absolute Gasteiger partial charge is 0.225 e. The summed E-state index contributed by atoms with van der Waals surface area (Å²) in [6.07, 6.45) is 7.48. The standard InChI is InChI=1S/C25H32N2O3/c1-17(2)25(29)27-13-12-22-20(16-27)15-23(30-22)19-8-5-9-21(14-19)26-24(28)11-10-18-6-3-4-7-18/h5,8-9,14-15,17-18H,3-4,6-7,10-13,16H2,1-2H3,(H,26,28). The maximum atomic E-state index is 12.4. The molecule has 30 heavy (non-hydrogen) atoms. The molecule has 0 unspecified atom stereocenters. The first kappa shape index (κ1) is 20.7. The summed E-state index contributed by atoms with van der Waals surface area (Å²) in [7, 11) is 0. The molecule has 2 amide bonds. The first-order chi connectivity index (χ1) is 14.5. The van der Waals surface area contributed by atoms with E-state index in [2.05, 4.69) is 5.32 Å². The minimum atomic E-state index is 0.00637. The first-order valence-electron chi connectivity index (χ1n) is 11.3. The highest BCUT2D eigenvalue weighted by Crippen LogP contribution is 2.32. The summed E-state index contributed by atoms with van der Waals surface area (Å²) in [6, 6.07) is 9.86. The van der Waals surface area contributed by atoms with Crippen LogP contribution in [-0.2, 0) is 22.6 Å². The molecule has 0 saturated heterocycles. The van der Waals surface area contributed by atoms with Gasteiger partial charge in [-0.1, -0.05) is 51.7 Å². The van der Waals surface area contributed by atoms with E-state index in [-0.39, 0.29) is 17.7 Å². The minimum Gasteiger partial charge on any atom is -0.461 e. The molecule has 160 valence electrons. The Hall–Kier alpha value is -2.56. The molecule has 2 heterocycles. The number of hydrogen-bond donors (Lipinski definition) is 1. The van der Waals surface area contributed by atoms with E-state index in [1.165, 1.54) is 25.7 Å². The van der Waals surface area contributed by atoms with Gasteiger partial charge in [-0.15, -0.1) is 0 Å². The van der Waals surface area contributed by atoms with Crippen LogP contribution in [0, 0.1) is 11.8 Å². The second-order valence-corrected chi connectivity index (χ2v) is 9.04. The molecule has 0 bridgehead atoms. The van der Waals surface area contributed by atoms with E-state index < -0.39 is 0 Å². The molecular weight excluding hydrogens is 376 g/mol. The average molecular weight is 409 g/mol. The number of fused-ring (bicyclic) bond motifs is 1. The summed E-state index contributed by atoms with van der Waals surface area (Å²) in [5.41, 5.74) is 2.82. The van der Waals surface area contributed by atoms with Gasteiger partial charge >= 0.3 is 0 Å². The lowest BCUT2D eigenvalue weighted by molar-refractivity contribution is -0.135. The van der Waals surface area contributed by atoms with E-state index in [9.17, 15) is 9.59 Å². The quantitative estimate of drug-likeness (QED) is 0.696. The van der Waals surface area contributed by atoms with Crippen molar-refractivity contribution in [1.29, 1.82) is 0 Å². The maximum Gasteiger partial charge on any atom is 0.225 e. The fraction of sp³-hybridized carbons (Fsp3) is 0.520. The molecule has 1 aliphatic heterocycles. The molecule has 4 rings (SSSR count). The van der Waals surface area contributed by atoms with Gasteiger partial charge in [0.15, 0.2) is 0 Å². The van der Waals surface area contributed by atoms with Crippen LogP contribution in [0.4, 0.5) is 5.69 Å². The molecule has 2 aliphatic rings. The van der Waals surface area contributed by atoms with Crippen LogP contribution >= 0.6 is 0 Å². The second kappa shape index (κ2) is 9.07. The van der Waals surface area contributed by atoms with Crippen LogP contribution in [0.3, 0.4) is 0 Å². The van der Waals surface area contributed by atoms with Crippen molar-refractivity contribution in [2.75, 3.05) is 11.9 Å². The summed E-state index contributed by atoms with van der Waals surface area (Å²) in [5, 5.41) is 3.04. The topological polar surface area (TPSA) is 62.6 Å². The molecule has 1 saturated carbocycles. The molecule has 5 heteroatoms. The third-order valence-corrected chi connectivity index (χ3v) is 6.36. The highest BCUT2D eigenvalue weighted by Gasteiger charge is 2.25. The van der Waals surface area contributed by atoms with Crippen molar-refractivity contribution >= 4 is 17.5 Å². The van der Waals surface area contributed by atoms with Gasteiger partial charge in [0.25, 0.3) is 0 Å². The minimum absolute atomic E-state index is 0.00637. The molecular formula is C25H32N2O3. The number of carbonyl (C=O) groups is 2. The summed E-state index contributed by atoms with van der Waals surface area (Å²) in [4.78, 5) is 26.6. The molecule has 1 aliphatic carbocycles. The Morgan fingerprint density at radius 3 is 2.77 bits per heavy atom. The van der Waals surface area contributed by atoms with Crippen LogP contribution in [0.2, 0.25) is 0 Å². The Morgan fingerprint density at radius 2 is 2.00 bits per heavy atom. The number of nitrogens with zero attached hydrogens (tertiary/aromatic N) is 1. The van der Waals surface area contributed by atoms with E-state index in [0.717, 1.165) is 47.1 Å². The lowest BCUT2D eigenvalue weighted by Gasteiger charge is -2.27. The van der Waals surface area contributed by atoms with Crippen molar-refractivity contribution in [1.82, 2.24) is 4.90 Å². The third kappa shape index (κ3) is 4.77. The fourth-order valence-corrected chi connectivity index (χ4v) is 4.64. The zero-order valence-electron chi connectivity index (χ0n) is 18.1. The van der Waals surface area contributed by atoms with Crippen molar-refractivity contribution in [3.63, 3.8) is 0 Å². The predicted molar refractivity (Wildman–Crippen MR) is 118 cm³/mol. The molecule has 0 spiro atoms. The summed E-state index contributed by atoms with van der Waals surface area (Å²) < 4.78 is 6.11. The molecule has 1 N–H and O–H groups in total. The lowest BCUT2D eigenvalue weighted by atomic mass is 10.0. The largest absolute Gasteiger partial charge is 0.461 e. The number of carbonyl (C=O) groups excluding carboxylic acids is 2. The van der Waals surface area contributed by atoms with Gasteiger partial charge in [-0.25, -0.2) is 0 Å². The van der Waals surface area contributed by atoms with Gasteiger partial charge < -0.3 is 14.6 Å². The van der Waals surface area contributed by atoms with Crippen LogP contribution < -0.4 is 5.32 Å². The zero-order chi connectivity index (χ0) is 21.1. The first-order valence-corrected chi connectivity index (χ1v) is 11.3. The van der Waals surface area contributed by atoms with E-state index >= 15 is 0 Å². The molecule has 2 aromatic rings. The van der Waals surface area contributed by atoms with Crippen molar-refractivity contribution < 1.29 is 14.0 Å². The zero-order valence-corrected chi connectivity index (χ0v) is 18.1. The van der Waals surface area contributed by atoms with Gasteiger partial charge in [-0.2, -0.15) is 0 Å². The van der Waals surface area contributed by atoms with E-state index in [0.29, 0.717) is 19.5 Å². The number of furan rings is 1. The van der Waals surface area contributed by atoms with Crippen LogP contribution in [0.5, 0.6) is 0 Å². The van der Waals surface area contributed by atoms with Crippen molar-refractivity contribution in [3.8, 4) is 11.3 Å². The summed E-state index contributed by atoms with van der Waals surface area (Å²) >= 11 is 0. The Balaban J connectivity index is 1.40. The van der Waals surface area contributed by atoms with Crippen LogP contribution in [0.15, 0.2) is 34.7 Å². The van der Waals surface area contributed by atoms with Crippen molar-refractivity contribution in [2.45, 2.75) is 65.3 Å². The van der Waals surface area contributed by atoms with Crippen LogP contribution in [0.25, 0.3) is 11.3 Å². The predicted octanol–water partition coefficient (Wildman–Crippen LogP) is 5.40. The summed E-state index contributed by atoms with van der Waals surface area (Å²) in [5.74, 6) is 2.75. The highest BCUT2D eigenvalue weighted by atomic mass is 16.3. The maximum absolute atomic E-state index is 12.4. The fourth-order valence-electron chi connectivity index (χ4n) is 4.64. The molecule has 0 atom stereocenters. The number of anilines is 1. The van der Waals surface area contributed by atoms with Crippen molar-refractivity contribution in [2.24, 2.45) is 11.8 Å². The van der Waals surface area contributed by atoms with Gasteiger partial charge in [0.2, 0.25) is 11.8 Å². The SMILES string of the molecule is CC(C)C(=O)N1CCc2oc(-c3cccc(NC(=O)CCC4CCCC4)c3)cc2C1. The van der Waals surface area contributed by atoms with Crippen molar-refractivity contribution in [3.05, 3.63) is 41.7 Å². The Kier molecular flexibility index (Phi) is 6.26. The van der Waals surface area contributed by atoms with Gasteiger partial charge in [0, 0.05) is 48.7 Å². The average Bonchev–Trinajstić information content (AvgIpc) is 3.41. The van der Waals surface area contributed by atoms with E-state index in [1.807, 2.05) is 49.1 Å². The third-order valence-electron chi connectivity index (χ3n) is 6.36. The van der Waals surface area contributed by atoms with Crippen LogP contribution in [-0.4, -0.2) is 23.3 Å². The number of nitrogens with one attached hydrogen (secondary N) is 1. The second-order valence-electron chi connectivity index (χ2n) is 9.04. The number of benzene rings is 1. The van der Waals surface area contributed by atoms with Gasteiger partial charge in [-0.3, -0.25) is 9.59 Å². The number of amides is 2. The Morgan fingerprint density at radius 1 is 1.20 bits per heavy atom. The Bertz CT molecular complexity index is 909. The molecule has 0 radical (unpaired) electrons. The molecule has 5 nitrogen and oxygen atoms in total. The summed E-state index contributed by atoms with van der Waals surface area (Å²) in [6.45, 7) is 5.18. The number of hydrogen-bond acceptors (Lipinski definition) is 3. The van der Waals surface area contributed by atoms with E-state index in [1.54, 1.807) is 0 Å². The molecule has 1 fully saturated rings. The van der Waals surface area contributed by atoms with Gasteiger partial charge in [-0.05, 0) is 30.5 Å². The van der Waals surface area contributed by atoms with Crippen LogP contribution in [0.1, 0.15) is 63.7 Å². The molecule has 1 aromatic carbocycles. The molecule has 1 aromatic heterocycles. The van der Waals surface area contributed by atoms with Gasteiger partial charge in [0.1, 0.15) is 11.5 Å².